The van der Waals surface area contributed by atoms with Crippen LogP contribution < -0.4 is 41.7 Å². The Balaban J connectivity index is 0.000000122. The molecule has 6 fully saturated rings. The van der Waals surface area contributed by atoms with Gasteiger partial charge in [0.05, 0.1) is 111 Å². The van der Waals surface area contributed by atoms with E-state index < -0.39 is 0 Å². The first kappa shape index (κ1) is 59.4. The number of rotatable bonds is 10. The SMILES string of the molecule is CCNC(=O)Nc1ccc(-c2nc3c(c(N4CCOC[C@@H]4C)n2)[C@@H]2CC[C@H](C3)O2)cc1.CCNC(=O)Nc1ccc(-c2nc3c(c(N4CCOC[C@@H]4C)n2)[C@H]2CC[C@@H](C3)O2)cc1.C[C@H]1COCCN1c1nc(-c2ccc(N)cc2)nc2c1C1CCC(C2)O1. The summed E-state index contributed by atoms with van der Waals surface area (Å²) in [7, 11) is 0. The molecule has 9 aliphatic rings. The van der Waals surface area contributed by atoms with E-state index in [-0.39, 0.29) is 54.7 Å². The van der Waals surface area contributed by atoms with E-state index in [2.05, 4.69) is 56.7 Å². The molecule has 3 aromatic carbocycles. The lowest BCUT2D eigenvalue weighted by Crippen LogP contribution is -2.45. The van der Waals surface area contributed by atoms with Crippen LogP contribution in [0.25, 0.3) is 34.2 Å². The van der Waals surface area contributed by atoms with Crippen LogP contribution >= 0.6 is 0 Å². The number of nitrogens with zero attached hydrogens (tertiary/aromatic N) is 9. The maximum absolute atomic E-state index is 11.8. The number of nitrogens with one attached hydrogen (secondary N) is 4. The van der Waals surface area contributed by atoms with Crippen molar-refractivity contribution in [1.82, 2.24) is 40.5 Å². The van der Waals surface area contributed by atoms with Gasteiger partial charge in [-0.3, -0.25) is 0 Å². The molecule has 6 aromatic rings. The third-order valence-electron chi connectivity index (χ3n) is 18.1. The van der Waals surface area contributed by atoms with Crippen LogP contribution in [0.4, 0.5) is 44.1 Å². The molecule has 12 heterocycles. The first-order valence-electron chi connectivity index (χ1n) is 31.8. The Morgan fingerprint density at radius 1 is 0.466 bits per heavy atom. The van der Waals surface area contributed by atoms with Crippen LogP contribution in [0.1, 0.15) is 125 Å². The fourth-order valence-corrected chi connectivity index (χ4v) is 13.7. The van der Waals surface area contributed by atoms with Gasteiger partial charge in [-0.25, -0.2) is 39.5 Å². The van der Waals surface area contributed by atoms with Gasteiger partial charge in [0.25, 0.3) is 0 Å². The van der Waals surface area contributed by atoms with E-state index in [1.165, 1.54) is 16.7 Å². The summed E-state index contributed by atoms with van der Waals surface area (Å²) in [6.07, 6.45) is 10.1. The van der Waals surface area contributed by atoms with Crippen LogP contribution in [0.3, 0.4) is 0 Å². The predicted molar refractivity (Wildman–Crippen MR) is 337 cm³/mol. The Morgan fingerprint density at radius 3 is 1.09 bits per heavy atom. The summed E-state index contributed by atoms with van der Waals surface area (Å²) in [5.41, 5.74) is 17.9. The van der Waals surface area contributed by atoms with Gasteiger partial charge in [-0.05, 0) is 146 Å². The number of benzene rings is 3. The number of anilines is 6. The van der Waals surface area contributed by atoms with Crippen LogP contribution in [0, 0.1) is 0 Å². The topological polar surface area (TPSA) is 251 Å². The molecule has 9 aliphatic heterocycles. The Hall–Kier alpha value is -7.60. The molecule has 6 bridgehead atoms. The number of urea groups is 2. The average Bonchev–Trinajstić information content (AvgIpc) is 1.82. The number of hydrogen-bond acceptors (Lipinski definition) is 18. The molecular weight excluding hydrogens is 1120 g/mol. The van der Waals surface area contributed by atoms with Crippen molar-refractivity contribution in [2.75, 3.05) is 103 Å². The van der Waals surface area contributed by atoms with Crippen LogP contribution in [0.2, 0.25) is 0 Å². The second kappa shape index (κ2) is 26.2. The van der Waals surface area contributed by atoms with Crippen molar-refractivity contribution in [2.45, 2.75) is 147 Å². The van der Waals surface area contributed by atoms with E-state index in [9.17, 15) is 9.59 Å². The van der Waals surface area contributed by atoms with E-state index in [1.54, 1.807) is 0 Å². The van der Waals surface area contributed by atoms with Crippen molar-refractivity contribution in [3.8, 4) is 34.2 Å². The second-order valence-electron chi connectivity index (χ2n) is 24.4. The van der Waals surface area contributed by atoms with E-state index >= 15 is 0 Å². The molecule has 9 atom stereocenters. The maximum atomic E-state index is 11.8. The number of carbonyl (C=O) groups is 2. The van der Waals surface area contributed by atoms with Gasteiger partial charge in [-0.15, -0.1) is 0 Å². The molecule has 22 nitrogen and oxygen atoms in total. The molecular formula is C66H82N14O8. The molecule has 22 heteroatoms. The number of fused-ring (bicyclic) bond motifs is 12. The first-order valence-corrected chi connectivity index (χ1v) is 31.8. The zero-order valence-corrected chi connectivity index (χ0v) is 51.1. The van der Waals surface area contributed by atoms with Crippen molar-refractivity contribution in [3.05, 3.63) is 107 Å². The first-order chi connectivity index (χ1) is 42.9. The Kier molecular flexibility index (Phi) is 17.7. The highest BCUT2D eigenvalue weighted by molar-refractivity contribution is 5.90. The minimum absolute atomic E-state index is 0.0940. The van der Waals surface area contributed by atoms with Gasteiger partial charge in [0.15, 0.2) is 17.5 Å². The Morgan fingerprint density at radius 2 is 0.784 bits per heavy atom. The second-order valence-corrected chi connectivity index (χ2v) is 24.4. The maximum Gasteiger partial charge on any atom is 0.319 e. The lowest BCUT2D eigenvalue weighted by molar-refractivity contribution is 0.0304. The summed E-state index contributed by atoms with van der Waals surface area (Å²) < 4.78 is 35.6. The van der Waals surface area contributed by atoms with Crippen LogP contribution in [-0.4, -0.2) is 151 Å². The van der Waals surface area contributed by atoms with Crippen molar-refractivity contribution in [3.63, 3.8) is 0 Å². The molecule has 2 unspecified atom stereocenters. The number of carbonyl (C=O) groups excluding carboxylic acids is 2. The van der Waals surface area contributed by atoms with Crippen molar-refractivity contribution in [2.24, 2.45) is 0 Å². The fourth-order valence-electron chi connectivity index (χ4n) is 13.7. The number of ether oxygens (including phenoxy) is 6. The van der Waals surface area contributed by atoms with Gasteiger partial charge >= 0.3 is 12.1 Å². The number of amides is 4. The highest BCUT2D eigenvalue weighted by atomic mass is 16.5. The van der Waals surface area contributed by atoms with E-state index in [4.69, 9.17) is 64.1 Å². The Labute approximate surface area is 514 Å². The molecule has 464 valence electrons. The number of morpholine rings is 3. The standard InChI is InChI=1S/2C23H29N5O3.C20H24N4O2/c2*1-3-24-23(29)25-16-6-4-15(5-7-16)21-26-18-12-17-8-9-19(31-17)20(18)22(27-21)28-10-11-30-13-14(28)2;1-12-11-25-9-8-24(12)20-18-16(10-15-6-7-17(18)26-15)22-19(23-20)13-2-4-14(21)5-3-13/h2*4-7,14,17,19H,3,8-13H2,1-2H3,(H2,24,25,29);2-5,12,15,17H,6-11,21H2,1H3/t14-,17+,19-;14-,17-,19+;12-,15?,17?/m000/s1. The fraction of sp³-hybridized carbons (Fsp3) is 0.515. The third-order valence-corrected chi connectivity index (χ3v) is 18.1. The summed E-state index contributed by atoms with van der Waals surface area (Å²) in [5, 5.41) is 11.1. The summed E-state index contributed by atoms with van der Waals surface area (Å²) in [6.45, 7) is 18.2. The van der Waals surface area contributed by atoms with Crippen molar-refractivity contribution in [1.29, 1.82) is 0 Å². The van der Waals surface area contributed by atoms with Gasteiger partial charge in [0, 0.05) is 102 Å². The summed E-state index contributed by atoms with van der Waals surface area (Å²) in [5.74, 6) is 5.23. The molecule has 0 saturated carbocycles. The quantitative estimate of drug-likeness (QED) is 0.0801. The zero-order chi connectivity index (χ0) is 60.4. The largest absolute Gasteiger partial charge is 0.399 e. The van der Waals surface area contributed by atoms with E-state index in [1.807, 2.05) is 86.6 Å². The number of aromatic nitrogens is 6. The lowest BCUT2D eigenvalue weighted by Gasteiger charge is -2.37. The monoisotopic (exact) mass is 1200 g/mol. The van der Waals surface area contributed by atoms with Gasteiger partial charge in [-0.2, -0.15) is 0 Å². The molecule has 6 saturated heterocycles. The number of nitrogens with two attached hydrogens (primary N) is 1. The third kappa shape index (κ3) is 12.7. The molecule has 4 amide bonds. The van der Waals surface area contributed by atoms with Gasteiger partial charge in [0.1, 0.15) is 17.5 Å². The molecule has 0 radical (unpaired) electrons. The van der Waals surface area contributed by atoms with Gasteiger partial charge in [-0.1, -0.05) is 0 Å². The summed E-state index contributed by atoms with van der Waals surface area (Å²) in [6, 6.07) is 23.6. The predicted octanol–water partition coefficient (Wildman–Crippen LogP) is 9.30. The summed E-state index contributed by atoms with van der Waals surface area (Å²) >= 11 is 0. The smallest absolute Gasteiger partial charge is 0.319 e. The number of hydrogen-bond donors (Lipinski definition) is 5. The van der Waals surface area contributed by atoms with E-state index in [0.717, 1.165) is 176 Å². The normalized spacial score (nSPS) is 25.4. The molecule has 15 rings (SSSR count). The minimum atomic E-state index is -0.209. The number of nitrogen functional groups attached to an aromatic ring is 1. The minimum Gasteiger partial charge on any atom is -0.399 e. The Bertz CT molecular complexity index is 3310. The molecule has 88 heavy (non-hydrogen) atoms. The lowest BCUT2D eigenvalue weighted by atomic mass is 10.0. The van der Waals surface area contributed by atoms with Crippen molar-refractivity contribution < 1.29 is 38.0 Å². The zero-order valence-electron chi connectivity index (χ0n) is 51.1. The van der Waals surface area contributed by atoms with Crippen LogP contribution in [0.15, 0.2) is 72.8 Å². The molecule has 0 aliphatic carbocycles. The molecule has 3 aromatic heterocycles. The summed E-state index contributed by atoms with van der Waals surface area (Å²) in [4.78, 5) is 60.6. The van der Waals surface area contributed by atoms with Gasteiger partial charge < -0.3 is 70.1 Å². The highest BCUT2D eigenvalue weighted by Gasteiger charge is 2.43. The van der Waals surface area contributed by atoms with Crippen LogP contribution in [-0.2, 0) is 47.7 Å². The average molecular weight is 1200 g/mol. The van der Waals surface area contributed by atoms with Crippen molar-refractivity contribution >= 4 is 46.6 Å². The van der Waals surface area contributed by atoms with Crippen LogP contribution in [0.5, 0.6) is 0 Å². The van der Waals surface area contributed by atoms with Gasteiger partial charge in [0.2, 0.25) is 0 Å². The van der Waals surface area contributed by atoms with E-state index in [0.29, 0.717) is 51.7 Å². The highest BCUT2D eigenvalue weighted by Crippen LogP contribution is 2.48. The molecule has 0 spiro atoms. The molecule has 6 N–H and O–H groups in total.